The molecule has 0 bridgehead atoms. The van der Waals surface area contributed by atoms with Gasteiger partial charge < -0.3 is 10.2 Å². The molecule has 3 N–H and O–H groups in total. The van der Waals surface area contributed by atoms with Crippen molar-refractivity contribution in [3.8, 4) is 0 Å². The van der Waals surface area contributed by atoms with Crippen LogP contribution < -0.4 is 15.5 Å². The van der Waals surface area contributed by atoms with Crippen LogP contribution in [0.15, 0.2) is 30.3 Å². The van der Waals surface area contributed by atoms with Gasteiger partial charge in [0.1, 0.15) is 7.11 Å². The standard InChI is InChI=1S/C10H11N5O2S/c1-17-15-8(13-10(18)14-15)12-9(16)11-7-5-3-2-4-6-7/h2-6H,1H3,(H3,11,12,13,14,16,18). The molecule has 1 aromatic heterocycles. The summed E-state index contributed by atoms with van der Waals surface area (Å²) in [6, 6.07) is 8.61. The molecule has 18 heavy (non-hydrogen) atoms. The third-order valence-electron chi connectivity index (χ3n) is 2.04. The third-order valence-corrected chi connectivity index (χ3v) is 2.22. The van der Waals surface area contributed by atoms with Crippen molar-refractivity contribution in [3.05, 3.63) is 35.1 Å². The Balaban J connectivity index is 2.05. The highest BCUT2D eigenvalue weighted by molar-refractivity contribution is 7.71. The van der Waals surface area contributed by atoms with Gasteiger partial charge in [-0.05, 0) is 24.4 Å². The van der Waals surface area contributed by atoms with Crippen molar-refractivity contribution in [1.82, 2.24) is 14.9 Å². The monoisotopic (exact) mass is 265 g/mol. The minimum absolute atomic E-state index is 0.177. The van der Waals surface area contributed by atoms with Gasteiger partial charge in [-0.2, -0.15) is 4.98 Å². The summed E-state index contributed by atoms with van der Waals surface area (Å²) in [5.74, 6) is 0.177. The summed E-state index contributed by atoms with van der Waals surface area (Å²) < 4.78 is 0.215. The number of anilines is 2. The summed E-state index contributed by atoms with van der Waals surface area (Å²) in [7, 11) is 1.42. The molecular weight excluding hydrogens is 254 g/mol. The molecule has 0 aliphatic carbocycles. The molecule has 0 saturated heterocycles. The van der Waals surface area contributed by atoms with Crippen LogP contribution in [0, 0.1) is 4.77 Å². The average Bonchev–Trinajstić information content (AvgIpc) is 2.70. The SMILES string of the molecule is COn1[nH]c(=S)nc1NC(=O)Nc1ccccc1. The van der Waals surface area contributed by atoms with E-state index in [9.17, 15) is 4.79 Å². The van der Waals surface area contributed by atoms with Gasteiger partial charge in [-0.15, -0.1) is 0 Å². The molecule has 2 amide bonds. The molecule has 0 fully saturated rings. The average molecular weight is 265 g/mol. The molecule has 1 aromatic carbocycles. The number of para-hydroxylation sites is 1. The van der Waals surface area contributed by atoms with Crippen LogP contribution in [0.4, 0.5) is 16.4 Å². The molecule has 8 heteroatoms. The largest absolute Gasteiger partial charge is 0.398 e. The topological polar surface area (TPSA) is 84.0 Å². The summed E-state index contributed by atoms with van der Waals surface area (Å²) in [5, 5.41) is 7.77. The maximum atomic E-state index is 11.7. The first kappa shape index (κ1) is 12.1. The molecule has 0 aliphatic heterocycles. The molecule has 0 atom stereocenters. The van der Waals surface area contributed by atoms with Crippen molar-refractivity contribution < 1.29 is 9.63 Å². The minimum atomic E-state index is -0.437. The molecule has 1 heterocycles. The number of hydrogen-bond acceptors (Lipinski definition) is 4. The summed E-state index contributed by atoms with van der Waals surface area (Å²) >= 11 is 4.83. The van der Waals surface area contributed by atoms with Gasteiger partial charge in [0.05, 0.1) is 0 Å². The zero-order valence-electron chi connectivity index (χ0n) is 9.51. The highest BCUT2D eigenvalue weighted by Crippen LogP contribution is 2.06. The maximum Gasteiger partial charge on any atom is 0.326 e. The lowest BCUT2D eigenvalue weighted by molar-refractivity contribution is 0.138. The van der Waals surface area contributed by atoms with E-state index >= 15 is 0 Å². The number of amides is 2. The van der Waals surface area contributed by atoms with E-state index in [1.165, 1.54) is 7.11 Å². The van der Waals surface area contributed by atoms with E-state index in [1.807, 2.05) is 18.2 Å². The van der Waals surface area contributed by atoms with E-state index < -0.39 is 6.03 Å². The second-order valence-corrected chi connectivity index (χ2v) is 3.66. The van der Waals surface area contributed by atoms with Crippen molar-refractivity contribution in [1.29, 1.82) is 0 Å². The van der Waals surface area contributed by atoms with Gasteiger partial charge in [0.25, 0.3) is 5.95 Å². The zero-order chi connectivity index (χ0) is 13.0. The Hall–Kier alpha value is -2.35. The number of carbonyl (C=O) groups is 1. The number of urea groups is 1. The number of hydrogen-bond donors (Lipinski definition) is 3. The van der Waals surface area contributed by atoms with E-state index in [-0.39, 0.29) is 10.7 Å². The van der Waals surface area contributed by atoms with Gasteiger partial charge in [0.2, 0.25) is 4.77 Å². The normalized spacial score (nSPS) is 9.83. The first-order valence-corrected chi connectivity index (χ1v) is 5.46. The predicted octanol–water partition coefficient (Wildman–Crippen LogP) is 1.64. The van der Waals surface area contributed by atoms with Crippen LogP contribution >= 0.6 is 12.2 Å². The lowest BCUT2D eigenvalue weighted by Gasteiger charge is -2.07. The molecule has 7 nitrogen and oxygen atoms in total. The van der Waals surface area contributed by atoms with E-state index in [0.717, 1.165) is 4.85 Å². The van der Waals surface area contributed by atoms with Crippen molar-refractivity contribution in [2.45, 2.75) is 0 Å². The molecular formula is C10H11N5O2S. The van der Waals surface area contributed by atoms with Crippen LogP contribution in [-0.2, 0) is 0 Å². The third kappa shape index (κ3) is 2.86. The van der Waals surface area contributed by atoms with Crippen molar-refractivity contribution in [2.75, 3.05) is 17.7 Å². The summed E-state index contributed by atoms with van der Waals surface area (Å²) in [5.41, 5.74) is 0.674. The molecule has 94 valence electrons. The molecule has 0 saturated carbocycles. The van der Waals surface area contributed by atoms with Crippen molar-refractivity contribution in [2.24, 2.45) is 0 Å². The fraction of sp³-hybridized carbons (Fsp3) is 0.100. The van der Waals surface area contributed by atoms with Gasteiger partial charge in [-0.25, -0.2) is 9.89 Å². The Morgan fingerprint density at radius 2 is 2.11 bits per heavy atom. The van der Waals surface area contributed by atoms with Crippen LogP contribution in [0.5, 0.6) is 0 Å². The number of nitrogens with zero attached hydrogens (tertiary/aromatic N) is 2. The lowest BCUT2D eigenvalue weighted by Crippen LogP contribution is -2.23. The lowest BCUT2D eigenvalue weighted by atomic mass is 10.3. The second kappa shape index (κ2) is 5.32. The van der Waals surface area contributed by atoms with Crippen LogP contribution in [0.2, 0.25) is 0 Å². The van der Waals surface area contributed by atoms with E-state index in [1.54, 1.807) is 12.1 Å². The molecule has 0 radical (unpaired) electrons. The Morgan fingerprint density at radius 1 is 1.39 bits per heavy atom. The quantitative estimate of drug-likeness (QED) is 0.737. The Bertz CT molecular complexity index is 592. The number of H-pyrrole nitrogens is 1. The summed E-state index contributed by atoms with van der Waals surface area (Å²) in [4.78, 5) is 21.6. The predicted molar refractivity (Wildman–Crippen MR) is 69.0 cm³/mol. The van der Waals surface area contributed by atoms with Gasteiger partial charge in [-0.3, -0.25) is 5.32 Å². The Morgan fingerprint density at radius 3 is 2.78 bits per heavy atom. The molecule has 2 aromatic rings. The maximum absolute atomic E-state index is 11.7. The number of aromatic nitrogens is 3. The van der Waals surface area contributed by atoms with Gasteiger partial charge in [-0.1, -0.05) is 23.0 Å². The first-order chi connectivity index (χ1) is 8.69. The Labute approximate surface area is 108 Å². The van der Waals surface area contributed by atoms with Crippen LogP contribution in [0.25, 0.3) is 0 Å². The molecule has 0 aliphatic rings. The highest BCUT2D eigenvalue weighted by Gasteiger charge is 2.09. The van der Waals surface area contributed by atoms with Gasteiger partial charge in [0, 0.05) is 5.69 Å². The van der Waals surface area contributed by atoms with Crippen molar-refractivity contribution in [3.63, 3.8) is 0 Å². The Kier molecular flexibility index (Phi) is 3.58. The molecule has 2 rings (SSSR count). The highest BCUT2D eigenvalue weighted by atomic mass is 32.1. The zero-order valence-corrected chi connectivity index (χ0v) is 10.3. The number of rotatable bonds is 3. The van der Waals surface area contributed by atoms with E-state index in [4.69, 9.17) is 17.1 Å². The van der Waals surface area contributed by atoms with Crippen molar-refractivity contribution >= 4 is 29.9 Å². The fourth-order valence-corrected chi connectivity index (χ4v) is 1.47. The molecule has 0 unspecified atom stereocenters. The summed E-state index contributed by atoms with van der Waals surface area (Å²) in [6.45, 7) is 0. The van der Waals surface area contributed by atoms with Gasteiger partial charge >= 0.3 is 6.03 Å². The minimum Gasteiger partial charge on any atom is -0.398 e. The number of benzene rings is 1. The number of aromatic amines is 1. The number of nitrogens with one attached hydrogen (secondary N) is 3. The van der Waals surface area contributed by atoms with Gasteiger partial charge in [0.15, 0.2) is 0 Å². The molecule has 0 spiro atoms. The van der Waals surface area contributed by atoms with Crippen LogP contribution in [-0.4, -0.2) is 28.1 Å². The number of carbonyl (C=O) groups excluding carboxylic acids is 1. The summed E-state index contributed by atoms with van der Waals surface area (Å²) in [6.07, 6.45) is 0. The van der Waals surface area contributed by atoms with E-state index in [0.29, 0.717) is 5.69 Å². The smallest absolute Gasteiger partial charge is 0.326 e. The second-order valence-electron chi connectivity index (χ2n) is 3.27. The fourth-order valence-electron chi connectivity index (χ4n) is 1.30. The van der Waals surface area contributed by atoms with Crippen LogP contribution in [0.3, 0.4) is 0 Å². The van der Waals surface area contributed by atoms with Crippen LogP contribution in [0.1, 0.15) is 0 Å². The first-order valence-electron chi connectivity index (χ1n) is 5.05. The van der Waals surface area contributed by atoms with E-state index in [2.05, 4.69) is 20.7 Å².